The topological polar surface area (TPSA) is 137 Å². The molecule has 1 amide bonds. The number of hydrogen-bond donors (Lipinski definition) is 1. The number of nitrogens with zero attached hydrogens (tertiary/aromatic N) is 3. The molecule has 39 heavy (non-hydrogen) atoms. The highest BCUT2D eigenvalue weighted by atomic mass is 16.6. The van der Waals surface area contributed by atoms with Gasteiger partial charge in [-0.3, -0.25) is 25.0 Å². The van der Waals surface area contributed by atoms with Crippen molar-refractivity contribution in [1.82, 2.24) is 5.43 Å². The molecule has 10 nitrogen and oxygen atoms in total. The lowest BCUT2D eigenvalue weighted by Crippen LogP contribution is -2.25. The van der Waals surface area contributed by atoms with Crippen LogP contribution in [0.4, 0.5) is 11.4 Å². The second-order valence-corrected chi connectivity index (χ2v) is 9.04. The van der Waals surface area contributed by atoms with E-state index in [-0.39, 0.29) is 23.3 Å². The van der Waals surface area contributed by atoms with E-state index in [0.29, 0.717) is 12.0 Å². The smallest absolute Gasteiger partial charge is 0.318 e. The van der Waals surface area contributed by atoms with Crippen LogP contribution in [0.3, 0.4) is 0 Å². The normalized spacial score (nSPS) is 15.4. The fourth-order valence-corrected chi connectivity index (χ4v) is 4.74. The summed E-state index contributed by atoms with van der Waals surface area (Å²) in [7, 11) is 0. The van der Waals surface area contributed by atoms with E-state index >= 15 is 0 Å². The van der Waals surface area contributed by atoms with Crippen molar-refractivity contribution in [2.45, 2.75) is 11.8 Å². The third-order valence-electron chi connectivity index (χ3n) is 6.68. The van der Waals surface area contributed by atoms with E-state index in [1.807, 2.05) is 60.7 Å². The quantitative estimate of drug-likeness (QED) is 0.169. The monoisotopic (exact) mass is 522 g/mol. The number of carbonyl (C=O) groups is 1. The Kier molecular flexibility index (Phi) is 6.83. The Labute approximate surface area is 222 Å². The highest BCUT2D eigenvalue weighted by molar-refractivity contribution is 5.88. The van der Waals surface area contributed by atoms with Gasteiger partial charge in [-0.25, -0.2) is 5.43 Å². The summed E-state index contributed by atoms with van der Waals surface area (Å²) in [6, 6.07) is 29.6. The molecule has 1 fully saturated rings. The van der Waals surface area contributed by atoms with E-state index in [1.165, 1.54) is 12.3 Å². The minimum atomic E-state index is -0.744. The molecule has 0 bridgehead atoms. The zero-order valence-electron chi connectivity index (χ0n) is 20.5. The Morgan fingerprint density at radius 1 is 0.872 bits per heavy atom. The van der Waals surface area contributed by atoms with Crippen LogP contribution in [0.5, 0.6) is 11.5 Å². The van der Waals surface area contributed by atoms with Crippen LogP contribution < -0.4 is 10.2 Å². The first-order chi connectivity index (χ1) is 18.9. The first kappa shape index (κ1) is 25.3. The molecule has 0 spiro atoms. The van der Waals surface area contributed by atoms with E-state index in [4.69, 9.17) is 4.74 Å². The molecular formula is C29H22N4O6. The molecule has 1 atom stereocenters. The Bertz CT molecular complexity index is 1530. The van der Waals surface area contributed by atoms with Crippen LogP contribution in [0.2, 0.25) is 0 Å². The fraction of sp³-hybridized carbons (Fsp3) is 0.103. The Morgan fingerprint density at radius 2 is 1.54 bits per heavy atom. The van der Waals surface area contributed by atoms with Crippen LogP contribution in [-0.2, 0) is 10.2 Å². The molecule has 1 unspecified atom stereocenters. The lowest BCUT2D eigenvalue weighted by atomic mass is 9.85. The van der Waals surface area contributed by atoms with Crippen molar-refractivity contribution in [3.63, 3.8) is 0 Å². The summed E-state index contributed by atoms with van der Waals surface area (Å²) in [6.45, 7) is 0. The molecule has 5 rings (SSSR count). The van der Waals surface area contributed by atoms with Gasteiger partial charge in [0.15, 0.2) is 0 Å². The van der Waals surface area contributed by atoms with Gasteiger partial charge in [0.25, 0.3) is 5.69 Å². The van der Waals surface area contributed by atoms with Crippen LogP contribution in [0.15, 0.2) is 108 Å². The maximum atomic E-state index is 13.1. The van der Waals surface area contributed by atoms with Crippen molar-refractivity contribution >= 4 is 23.5 Å². The molecule has 1 saturated carbocycles. The van der Waals surface area contributed by atoms with Crippen LogP contribution in [0.25, 0.3) is 0 Å². The number of hydrazone groups is 1. The predicted octanol–water partition coefficient (Wildman–Crippen LogP) is 5.75. The summed E-state index contributed by atoms with van der Waals surface area (Å²) >= 11 is 0. The average molecular weight is 523 g/mol. The summed E-state index contributed by atoms with van der Waals surface area (Å²) in [6.07, 6.45) is 2.11. The van der Waals surface area contributed by atoms with Crippen molar-refractivity contribution in [1.29, 1.82) is 0 Å². The Balaban J connectivity index is 1.29. The Morgan fingerprint density at radius 3 is 2.15 bits per heavy atom. The van der Waals surface area contributed by atoms with E-state index < -0.39 is 26.6 Å². The molecule has 0 heterocycles. The van der Waals surface area contributed by atoms with E-state index in [2.05, 4.69) is 10.5 Å². The average Bonchev–Trinajstić information content (AvgIpc) is 3.71. The van der Waals surface area contributed by atoms with E-state index in [0.717, 1.165) is 23.3 Å². The summed E-state index contributed by atoms with van der Waals surface area (Å²) in [4.78, 5) is 34.0. The number of non-ortho nitro benzene ring substituents is 1. The maximum absolute atomic E-state index is 13.1. The van der Waals surface area contributed by atoms with Crippen LogP contribution in [0, 0.1) is 26.1 Å². The first-order valence-electron chi connectivity index (χ1n) is 12.0. The third-order valence-corrected chi connectivity index (χ3v) is 6.68. The minimum Gasteiger partial charge on any atom is -0.450 e. The zero-order valence-corrected chi connectivity index (χ0v) is 20.5. The number of amides is 1. The minimum absolute atomic E-state index is 0.139. The van der Waals surface area contributed by atoms with Gasteiger partial charge in [-0.1, -0.05) is 72.8 Å². The van der Waals surface area contributed by atoms with Gasteiger partial charge in [-0.05, 0) is 41.3 Å². The lowest BCUT2D eigenvalue weighted by molar-refractivity contribution is -0.394. The maximum Gasteiger partial charge on any atom is 0.318 e. The molecule has 1 aliphatic carbocycles. The Hall–Kier alpha value is -5.38. The molecule has 10 heteroatoms. The second-order valence-electron chi connectivity index (χ2n) is 9.04. The number of ether oxygens (including phenoxy) is 1. The third kappa shape index (κ3) is 5.21. The van der Waals surface area contributed by atoms with Gasteiger partial charge in [0.05, 0.1) is 28.0 Å². The van der Waals surface area contributed by atoms with Gasteiger partial charge >= 0.3 is 5.69 Å². The predicted molar refractivity (Wildman–Crippen MR) is 144 cm³/mol. The van der Waals surface area contributed by atoms with Crippen molar-refractivity contribution in [2.75, 3.05) is 0 Å². The van der Waals surface area contributed by atoms with Crippen molar-refractivity contribution in [2.24, 2.45) is 11.0 Å². The molecular weight excluding hydrogens is 500 g/mol. The highest BCUT2D eigenvalue weighted by Gasteiger charge is 2.60. The number of rotatable bonds is 9. The number of carbonyl (C=O) groups excluding carboxylic acids is 1. The number of benzene rings is 4. The molecule has 1 aliphatic rings. The van der Waals surface area contributed by atoms with Crippen molar-refractivity contribution < 1.29 is 19.4 Å². The summed E-state index contributed by atoms with van der Waals surface area (Å²) in [5.41, 5.74) is 4.01. The van der Waals surface area contributed by atoms with Gasteiger partial charge in [0.1, 0.15) is 5.75 Å². The zero-order chi connectivity index (χ0) is 27.4. The standard InChI is InChI=1S/C29H22N4O6/c34-28(25-18-29(25,21-9-3-1-4-10-21)22-11-5-2-6-12-22)31-30-19-20-8-7-13-24(16-20)39-27-15-14-23(32(35)36)17-26(27)33(37)38/h1-17,19,25H,18H2,(H,31,34). The van der Waals surface area contributed by atoms with Gasteiger partial charge in [0, 0.05) is 11.5 Å². The summed E-state index contributed by atoms with van der Waals surface area (Å²) in [5, 5.41) is 26.5. The van der Waals surface area contributed by atoms with Gasteiger partial charge in [0.2, 0.25) is 11.7 Å². The highest BCUT2D eigenvalue weighted by Crippen LogP contribution is 2.58. The van der Waals surface area contributed by atoms with Crippen LogP contribution in [-0.4, -0.2) is 22.0 Å². The van der Waals surface area contributed by atoms with Crippen LogP contribution >= 0.6 is 0 Å². The van der Waals surface area contributed by atoms with Crippen molar-refractivity contribution in [3.05, 3.63) is 140 Å². The number of hydrogen-bond acceptors (Lipinski definition) is 7. The van der Waals surface area contributed by atoms with E-state index in [9.17, 15) is 25.0 Å². The SMILES string of the molecule is O=C(NN=Cc1cccc(Oc2ccc([N+](=O)[O-])cc2[N+](=O)[O-])c1)C1CC1(c1ccccc1)c1ccccc1. The fourth-order valence-electron chi connectivity index (χ4n) is 4.74. The van der Waals surface area contributed by atoms with Gasteiger partial charge in [-0.15, -0.1) is 0 Å². The number of nitro groups is 2. The molecule has 0 aromatic heterocycles. The van der Waals surface area contributed by atoms with E-state index in [1.54, 1.807) is 24.3 Å². The second kappa shape index (κ2) is 10.5. The molecule has 1 N–H and O–H groups in total. The molecule has 194 valence electrons. The lowest BCUT2D eigenvalue weighted by Gasteiger charge is -2.18. The summed E-state index contributed by atoms with van der Waals surface area (Å²) in [5.74, 6) is -0.360. The van der Waals surface area contributed by atoms with Crippen molar-refractivity contribution in [3.8, 4) is 11.5 Å². The number of nitrogens with one attached hydrogen (secondary N) is 1. The molecule has 4 aromatic rings. The number of nitro benzene ring substituents is 2. The first-order valence-corrected chi connectivity index (χ1v) is 12.0. The molecule has 0 radical (unpaired) electrons. The van der Waals surface area contributed by atoms with Gasteiger partial charge in [-0.2, -0.15) is 5.10 Å². The van der Waals surface area contributed by atoms with Gasteiger partial charge < -0.3 is 4.74 Å². The largest absolute Gasteiger partial charge is 0.450 e. The molecule has 0 aliphatic heterocycles. The molecule has 4 aromatic carbocycles. The van der Waals surface area contributed by atoms with Crippen LogP contribution in [0.1, 0.15) is 23.1 Å². The summed E-state index contributed by atoms with van der Waals surface area (Å²) < 4.78 is 5.63. The molecule has 0 saturated heterocycles.